The molecule has 1 rings (SSSR count). The molecule has 0 aliphatic heterocycles. The minimum atomic E-state index is -0.483. The van der Waals surface area contributed by atoms with Gasteiger partial charge in [-0.3, -0.25) is 14.9 Å². The minimum absolute atomic E-state index is 0.0233. The van der Waals surface area contributed by atoms with Crippen molar-refractivity contribution in [2.24, 2.45) is 0 Å². The molecule has 1 aromatic carbocycles. The van der Waals surface area contributed by atoms with Crippen LogP contribution >= 0.6 is 15.9 Å². The monoisotopic (exact) mass is 301 g/mol. The van der Waals surface area contributed by atoms with Gasteiger partial charge in [0.2, 0.25) is 0 Å². The Morgan fingerprint density at radius 2 is 2.24 bits per heavy atom. The predicted octanol–water partition coefficient (Wildman–Crippen LogP) is 3.02. The molecule has 0 aliphatic carbocycles. The molecule has 0 spiro atoms. The Kier molecular flexibility index (Phi) is 4.62. The SMILES string of the molecule is CCOC(=O)C(C)c1ccc([N+](=O)[O-])c(Br)c1. The Balaban J connectivity index is 2.97. The second-order valence-electron chi connectivity index (χ2n) is 3.44. The maximum atomic E-state index is 11.5. The number of carbonyl (C=O) groups excluding carboxylic acids is 1. The van der Waals surface area contributed by atoms with Crippen molar-refractivity contribution >= 4 is 27.6 Å². The standard InChI is InChI=1S/C11H12BrNO4/c1-3-17-11(14)7(2)8-4-5-10(13(15)16)9(12)6-8/h4-7H,3H2,1-2H3. The van der Waals surface area contributed by atoms with Gasteiger partial charge in [0.25, 0.3) is 5.69 Å². The van der Waals surface area contributed by atoms with Crippen LogP contribution in [0, 0.1) is 10.1 Å². The van der Waals surface area contributed by atoms with Crippen molar-refractivity contribution in [1.29, 1.82) is 0 Å². The van der Waals surface area contributed by atoms with E-state index < -0.39 is 10.8 Å². The largest absolute Gasteiger partial charge is 0.466 e. The lowest BCUT2D eigenvalue weighted by Gasteiger charge is -2.10. The Labute approximate surface area is 107 Å². The van der Waals surface area contributed by atoms with Crippen LogP contribution in [-0.2, 0) is 9.53 Å². The number of halogens is 1. The van der Waals surface area contributed by atoms with Crippen molar-refractivity contribution in [2.45, 2.75) is 19.8 Å². The number of carbonyl (C=O) groups is 1. The Morgan fingerprint density at radius 1 is 1.59 bits per heavy atom. The molecule has 0 saturated heterocycles. The van der Waals surface area contributed by atoms with Crippen LogP contribution in [0.3, 0.4) is 0 Å². The molecule has 6 heteroatoms. The van der Waals surface area contributed by atoms with Crippen LogP contribution in [0.25, 0.3) is 0 Å². The molecular weight excluding hydrogens is 290 g/mol. The average molecular weight is 302 g/mol. The molecule has 0 aromatic heterocycles. The van der Waals surface area contributed by atoms with Gasteiger partial charge in [0.05, 0.1) is 21.9 Å². The number of esters is 1. The fourth-order valence-electron chi connectivity index (χ4n) is 1.34. The Hall–Kier alpha value is -1.43. The highest BCUT2D eigenvalue weighted by atomic mass is 79.9. The van der Waals surface area contributed by atoms with Gasteiger partial charge in [-0.1, -0.05) is 6.07 Å². The zero-order valence-electron chi connectivity index (χ0n) is 9.47. The fraction of sp³-hybridized carbons (Fsp3) is 0.364. The summed E-state index contributed by atoms with van der Waals surface area (Å²) in [6, 6.07) is 4.50. The smallest absolute Gasteiger partial charge is 0.313 e. The summed E-state index contributed by atoms with van der Waals surface area (Å²) in [7, 11) is 0. The number of hydrogen-bond donors (Lipinski definition) is 0. The van der Waals surface area contributed by atoms with Crippen molar-refractivity contribution in [2.75, 3.05) is 6.61 Å². The molecule has 0 aliphatic rings. The van der Waals surface area contributed by atoms with Crippen molar-refractivity contribution in [1.82, 2.24) is 0 Å². The second-order valence-corrected chi connectivity index (χ2v) is 4.30. The first-order valence-electron chi connectivity index (χ1n) is 5.07. The van der Waals surface area contributed by atoms with E-state index in [-0.39, 0.29) is 11.7 Å². The molecule has 0 radical (unpaired) electrons. The lowest BCUT2D eigenvalue weighted by atomic mass is 10.0. The molecule has 17 heavy (non-hydrogen) atoms. The molecule has 0 bridgehead atoms. The van der Waals surface area contributed by atoms with Gasteiger partial charge in [0.15, 0.2) is 0 Å². The maximum Gasteiger partial charge on any atom is 0.313 e. The van der Waals surface area contributed by atoms with Gasteiger partial charge in [-0.2, -0.15) is 0 Å². The molecule has 1 unspecified atom stereocenters. The normalized spacial score (nSPS) is 11.9. The number of hydrogen-bond acceptors (Lipinski definition) is 4. The quantitative estimate of drug-likeness (QED) is 0.487. The van der Waals surface area contributed by atoms with Crippen LogP contribution in [0.2, 0.25) is 0 Å². The van der Waals surface area contributed by atoms with Gasteiger partial charge >= 0.3 is 5.97 Å². The van der Waals surface area contributed by atoms with E-state index in [4.69, 9.17) is 4.74 Å². The third-order valence-electron chi connectivity index (χ3n) is 2.31. The highest BCUT2D eigenvalue weighted by Crippen LogP contribution is 2.29. The lowest BCUT2D eigenvalue weighted by molar-refractivity contribution is -0.385. The second kappa shape index (κ2) is 5.77. The summed E-state index contributed by atoms with van der Waals surface area (Å²) >= 11 is 3.11. The number of nitro groups is 1. The number of nitrogens with zero attached hydrogens (tertiary/aromatic N) is 1. The summed E-state index contributed by atoms with van der Waals surface area (Å²) in [6.07, 6.45) is 0. The van der Waals surface area contributed by atoms with Gasteiger partial charge in [-0.25, -0.2) is 0 Å². The van der Waals surface area contributed by atoms with E-state index >= 15 is 0 Å². The first-order chi connectivity index (χ1) is 7.97. The third-order valence-corrected chi connectivity index (χ3v) is 2.94. The molecule has 92 valence electrons. The van der Waals surface area contributed by atoms with E-state index in [0.29, 0.717) is 16.6 Å². The summed E-state index contributed by atoms with van der Waals surface area (Å²) in [5, 5.41) is 10.6. The third kappa shape index (κ3) is 3.26. The van der Waals surface area contributed by atoms with Gasteiger partial charge in [-0.05, 0) is 41.4 Å². The van der Waals surface area contributed by atoms with Gasteiger partial charge in [0, 0.05) is 6.07 Å². The number of ether oxygens (including phenoxy) is 1. The highest BCUT2D eigenvalue weighted by molar-refractivity contribution is 9.10. The molecule has 5 nitrogen and oxygen atoms in total. The fourth-order valence-corrected chi connectivity index (χ4v) is 1.89. The van der Waals surface area contributed by atoms with Crippen LogP contribution < -0.4 is 0 Å². The van der Waals surface area contributed by atoms with Crippen molar-refractivity contribution < 1.29 is 14.5 Å². The average Bonchev–Trinajstić information content (AvgIpc) is 2.27. The van der Waals surface area contributed by atoms with Crippen LogP contribution in [0.5, 0.6) is 0 Å². The van der Waals surface area contributed by atoms with Crippen LogP contribution in [0.1, 0.15) is 25.3 Å². The first-order valence-corrected chi connectivity index (χ1v) is 5.87. The minimum Gasteiger partial charge on any atom is -0.466 e. The van der Waals surface area contributed by atoms with Gasteiger partial charge in [0.1, 0.15) is 0 Å². The summed E-state index contributed by atoms with van der Waals surface area (Å²) in [6.45, 7) is 3.75. The van der Waals surface area contributed by atoms with Crippen LogP contribution in [-0.4, -0.2) is 17.5 Å². The maximum absolute atomic E-state index is 11.5. The first kappa shape index (κ1) is 13.6. The summed E-state index contributed by atoms with van der Waals surface area (Å²) in [4.78, 5) is 21.6. The lowest BCUT2D eigenvalue weighted by Crippen LogP contribution is -2.13. The van der Waals surface area contributed by atoms with Crippen molar-refractivity contribution in [3.05, 3.63) is 38.3 Å². The molecule has 0 saturated carbocycles. The number of nitro benzene ring substituents is 1. The van der Waals surface area contributed by atoms with Crippen molar-refractivity contribution in [3.63, 3.8) is 0 Å². The molecule has 1 atom stereocenters. The van der Waals surface area contributed by atoms with E-state index in [9.17, 15) is 14.9 Å². The predicted molar refractivity (Wildman–Crippen MR) is 65.8 cm³/mol. The zero-order chi connectivity index (χ0) is 13.0. The topological polar surface area (TPSA) is 69.4 Å². The van der Waals surface area contributed by atoms with E-state index in [1.807, 2.05) is 0 Å². The van der Waals surface area contributed by atoms with Crippen molar-refractivity contribution in [3.8, 4) is 0 Å². The van der Waals surface area contributed by atoms with E-state index in [0.717, 1.165) is 0 Å². The number of rotatable bonds is 4. The summed E-state index contributed by atoms with van der Waals surface area (Å²) in [5.41, 5.74) is 0.658. The molecular formula is C11H12BrNO4. The van der Waals surface area contributed by atoms with Gasteiger partial charge in [-0.15, -0.1) is 0 Å². The Morgan fingerprint density at radius 3 is 2.71 bits per heavy atom. The van der Waals surface area contributed by atoms with E-state index in [1.54, 1.807) is 26.0 Å². The van der Waals surface area contributed by atoms with E-state index in [1.165, 1.54) is 6.07 Å². The molecule has 0 heterocycles. The molecule has 0 amide bonds. The Bertz CT molecular complexity index is 447. The zero-order valence-corrected chi connectivity index (χ0v) is 11.1. The number of benzene rings is 1. The summed E-state index contributed by atoms with van der Waals surface area (Å²) in [5.74, 6) is -0.777. The van der Waals surface area contributed by atoms with Crippen LogP contribution in [0.4, 0.5) is 5.69 Å². The van der Waals surface area contributed by atoms with Gasteiger partial charge < -0.3 is 4.74 Å². The highest BCUT2D eigenvalue weighted by Gasteiger charge is 2.19. The molecule has 0 fully saturated rings. The molecule has 1 aromatic rings. The van der Waals surface area contributed by atoms with E-state index in [2.05, 4.69) is 15.9 Å². The van der Waals surface area contributed by atoms with Crippen LogP contribution in [0.15, 0.2) is 22.7 Å². The summed E-state index contributed by atoms with van der Waals surface area (Å²) < 4.78 is 5.25. The molecule has 0 N–H and O–H groups in total.